The molecule has 18 heavy (non-hydrogen) atoms. The molecule has 0 radical (unpaired) electrons. The van der Waals surface area contributed by atoms with E-state index in [1.807, 2.05) is 20.8 Å². The topological polar surface area (TPSA) is 105 Å². The smallest absolute Gasteiger partial charge is 0.332 e. The lowest BCUT2D eigenvalue weighted by molar-refractivity contribution is -0.145. The molecule has 2 amide bonds. The molecule has 1 aliphatic carbocycles. The average molecular weight is 255 g/mol. The molecule has 0 aromatic carbocycles. The second kappa shape index (κ2) is 4.59. The Hall–Kier alpha value is -1.59. The molecule has 0 aliphatic heterocycles. The number of carbonyl (C=O) groups is 2. The number of amides is 2. The number of nitrogens with zero attached hydrogens (tertiary/aromatic N) is 1. The Kier molecular flexibility index (Phi) is 3.69. The number of urea groups is 1. The molecule has 0 heterocycles. The average Bonchev–Trinajstić information content (AvgIpc) is 2.47. The van der Waals surface area contributed by atoms with Crippen LogP contribution in [0.4, 0.5) is 4.79 Å². The monoisotopic (exact) mass is 255 g/mol. The van der Waals surface area contributed by atoms with E-state index in [9.17, 15) is 14.7 Å². The number of rotatable bonds is 3. The maximum Gasteiger partial charge on any atom is 0.332 e. The minimum atomic E-state index is -0.778. The van der Waals surface area contributed by atoms with Gasteiger partial charge in [-0.2, -0.15) is 5.10 Å². The van der Waals surface area contributed by atoms with Gasteiger partial charge in [-0.3, -0.25) is 4.79 Å². The highest BCUT2D eigenvalue weighted by atomic mass is 16.4. The Morgan fingerprint density at radius 3 is 2.33 bits per heavy atom. The summed E-state index contributed by atoms with van der Waals surface area (Å²) in [7, 11) is 0. The molecular weight excluding hydrogens is 234 g/mol. The van der Waals surface area contributed by atoms with Crippen LogP contribution in [0.15, 0.2) is 5.10 Å². The second-order valence-corrected chi connectivity index (χ2v) is 5.66. The minimum absolute atomic E-state index is 0.363. The van der Waals surface area contributed by atoms with Crippen molar-refractivity contribution < 1.29 is 14.7 Å². The molecule has 0 saturated heterocycles. The maximum absolute atomic E-state index is 11.3. The number of carbonyl (C=O) groups excluding carboxylic acids is 1. The highest BCUT2D eigenvalue weighted by molar-refractivity contribution is 5.91. The van der Waals surface area contributed by atoms with Crippen LogP contribution in [0.2, 0.25) is 0 Å². The lowest BCUT2D eigenvalue weighted by Crippen LogP contribution is -2.42. The molecule has 0 bridgehead atoms. The Labute approximate surface area is 107 Å². The van der Waals surface area contributed by atoms with Crippen molar-refractivity contribution in [2.45, 2.75) is 40.5 Å². The van der Waals surface area contributed by atoms with E-state index in [2.05, 4.69) is 10.5 Å². The SMILES string of the molecule is C/C(=N\NC(N)=O)[C@]1(C)CC[C@H](C(=O)O)C1(C)C. The Morgan fingerprint density at radius 1 is 1.39 bits per heavy atom. The molecule has 1 fully saturated rings. The summed E-state index contributed by atoms with van der Waals surface area (Å²) in [6, 6.07) is -0.719. The molecule has 1 aliphatic rings. The molecule has 0 spiro atoms. The molecule has 6 heteroatoms. The van der Waals surface area contributed by atoms with E-state index < -0.39 is 23.3 Å². The third-order valence-corrected chi connectivity index (χ3v) is 4.66. The second-order valence-electron chi connectivity index (χ2n) is 5.66. The maximum atomic E-state index is 11.3. The number of primary amides is 1. The largest absolute Gasteiger partial charge is 0.481 e. The lowest BCUT2D eigenvalue weighted by atomic mass is 9.63. The zero-order valence-electron chi connectivity index (χ0n) is 11.3. The van der Waals surface area contributed by atoms with Crippen LogP contribution < -0.4 is 11.2 Å². The van der Waals surface area contributed by atoms with Gasteiger partial charge in [0.1, 0.15) is 0 Å². The van der Waals surface area contributed by atoms with Crippen LogP contribution >= 0.6 is 0 Å². The summed E-state index contributed by atoms with van der Waals surface area (Å²) in [5.41, 5.74) is 7.10. The van der Waals surface area contributed by atoms with Gasteiger partial charge >= 0.3 is 12.0 Å². The third kappa shape index (κ3) is 2.19. The van der Waals surface area contributed by atoms with Crippen LogP contribution in [0, 0.1) is 16.7 Å². The lowest BCUT2D eigenvalue weighted by Gasteiger charge is -2.40. The summed E-state index contributed by atoms with van der Waals surface area (Å²) in [5.74, 6) is -1.18. The number of nitrogens with one attached hydrogen (secondary N) is 1. The third-order valence-electron chi connectivity index (χ3n) is 4.66. The first-order chi connectivity index (χ1) is 8.13. The zero-order valence-corrected chi connectivity index (χ0v) is 11.3. The highest BCUT2D eigenvalue weighted by Gasteiger charge is 2.55. The van der Waals surface area contributed by atoms with Gasteiger partial charge in [-0.15, -0.1) is 0 Å². The van der Waals surface area contributed by atoms with Crippen molar-refractivity contribution in [3.05, 3.63) is 0 Å². The van der Waals surface area contributed by atoms with Crippen molar-refractivity contribution in [2.75, 3.05) is 0 Å². The molecule has 102 valence electrons. The van der Waals surface area contributed by atoms with Crippen molar-refractivity contribution in [1.29, 1.82) is 0 Å². The standard InChI is InChI=1S/C12H21N3O3/c1-7(14-15-10(13)18)12(4)6-5-8(9(16)17)11(12,2)3/h8H,5-6H2,1-4H3,(H,16,17)(H3,13,15,18)/b14-7+/t8-,12+/m1/s1. The molecule has 1 rings (SSSR count). The van der Waals surface area contributed by atoms with Gasteiger partial charge in [0.15, 0.2) is 0 Å². The van der Waals surface area contributed by atoms with Crippen molar-refractivity contribution in [3.63, 3.8) is 0 Å². The normalized spacial score (nSPS) is 31.1. The number of hydrogen-bond acceptors (Lipinski definition) is 3. The summed E-state index contributed by atoms with van der Waals surface area (Å²) < 4.78 is 0. The quantitative estimate of drug-likeness (QED) is 0.526. The van der Waals surface area contributed by atoms with Gasteiger partial charge < -0.3 is 10.8 Å². The minimum Gasteiger partial charge on any atom is -0.481 e. The van der Waals surface area contributed by atoms with Crippen LogP contribution in [0.5, 0.6) is 0 Å². The Morgan fingerprint density at radius 2 is 1.94 bits per heavy atom. The highest BCUT2D eigenvalue weighted by Crippen LogP contribution is 2.56. The number of carboxylic acid groups (broad SMARTS) is 1. The van der Waals surface area contributed by atoms with Crippen molar-refractivity contribution in [1.82, 2.24) is 5.43 Å². The van der Waals surface area contributed by atoms with Crippen molar-refractivity contribution in [2.24, 2.45) is 27.6 Å². The summed E-state index contributed by atoms with van der Waals surface area (Å²) >= 11 is 0. The van der Waals surface area contributed by atoms with Gasteiger partial charge in [-0.05, 0) is 25.2 Å². The van der Waals surface area contributed by atoms with Crippen molar-refractivity contribution in [3.8, 4) is 0 Å². The van der Waals surface area contributed by atoms with Gasteiger partial charge in [-0.1, -0.05) is 20.8 Å². The first kappa shape index (κ1) is 14.5. The van der Waals surface area contributed by atoms with Crippen LogP contribution in [0.25, 0.3) is 0 Å². The summed E-state index contributed by atoms with van der Waals surface area (Å²) in [4.78, 5) is 21.9. The molecule has 1 saturated carbocycles. The van der Waals surface area contributed by atoms with Gasteiger partial charge in [0.25, 0.3) is 0 Å². The first-order valence-corrected chi connectivity index (χ1v) is 5.96. The molecule has 4 N–H and O–H groups in total. The van der Waals surface area contributed by atoms with Crippen LogP contribution in [0.1, 0.15) is 40.5 Å². The molecule has 2 atom stereocenters. The number of carboxylic acids is 1. The predicted molar refractivity (Wildman–Crippen MR) is 68.1 cm³/mol. The first-order valence-electron chi connectivity index (χ1n) is 5.96. The van der Waals surface area contributed by atoms with Crippen molar-refractivity contribution >= 4 is 17.7 Å². The Bertz CT molecular complexity index is 403. The van der Waals surface area contributed by atoms with E-state index in [0.717, 1.165) is 6.42 Å². The molecule has 6 nitrogen and oxygen atoms in total. The van der Waals surface area contributed by atoms with E-state index in [4.69, 9.17) is 5.73 Å². The Balaban J connectivity index is 3.04. The summed E-state index contributed by atoms with van der Waals surface area (Å²) in [5, 5.41) is 13.2. The molecule has 0 aromatic heterocycles. The molecule has 0 aromatic rings. The fourth-order valence-electron chi connectivity index (χ4n) is 2.84. The van der Waals surface area contributed by atoms with Crippen LogP contribution in [-0.4, -0.2) is 22.8 Å². The summed E-state index contributed by atoms with van der Waals surface area (Å²) in [6.07, 6.45) is 1.34. The number of hydrogen-bond donors (Lipinski definition) is 3. The van der Waals surface area contributed by atoms with E-state index in [1.165, 1.54) is 0 Å². The number of hydrazone groups is 1. The zero-order chi connectivity index (χ0) is 14.1. The van der Waals surface area contributed by atoms with Gasteiger partial charge in [0.2, 0.25) is 0 Å². The molecular formula is C12H21N3O3. The van der Waals surface area contributed by atoms with Crippen LogP contribution in [-0.2, 0) is 4.79 Å². The van der Waals surface area contributed by atoms with Gasteiger partial charge in [0, 0.05) is 11.1 Å². The molecule has 0 unspecified atom stereocenters. The summed E-state index contributed by atoms with van der Waals surface area (Å²) in [6.45, 7) is 7.64. The van der Waals surface area contributed by atoms with Gasteiger partial charge in [0.05, 0.1) is 5.92 Å². The number of nitrogens with two attached hydrogens (primary N) is 1. The predicted octanol–water partition coefficient (Wildman–Crippen LogP) is 1.56. The fraction of sp³-hybridized carbons (Fsp3) is 0.750. The fourth-order valence-corrected chi connectivity index (χ4v) is 2.84. The van der Waals surface area contributed by atoms with E-state index >= 15 is 0 Å². The van der Waals surface area contributed by atoms with E-state index in [-0.39, 0.29) is 5.41 Å². The van der Waals surface area contributed by atoms with Crippen LogP contribution in [0.3, 0.4) is 0 Å². The number of aliphatic carboxylic acids is 1. The van der Waals surface area contributed by atoms with E-state index in [1.54, 1.807) is 6.92 Å². The van der Waals surface area contributed by atoms with E-state index in [0.29, 0.717) is 12.1 Å². The van der Waals surface area contributed by atoms with Gasteiger partial charge in [-0.25, -0.2) is 10.2 Å².